The number of aliphatic hydroxyl groups excluding tert-OH is 2. The second-order valence-electron chi connectivity index (χ2n) is 7.92. The van der Waals surface area contributed by atoms with Gasteiger partial charge in [-0.25, -0.2) is 8.78 Å². The molecule has 34 heavy (non-hydrogen) atoms. The van der Waals surface area contributed by atoms with Crippen LogP contribution in [-0.4, -0.2) is 46.0 Å². The third-order valence-corrected chi connectivity index (χ3v) is 6.11. The minimum Gasteiger partial charge on any atom is -0.487 e. The summed E-state index contributed by atoms with van der Waals surface area (Å²) in [5, 5.41) is 18.4. The zero-order chi connectivity index (χ0) is 24.7. The maximum absolute atomic E-state index is 13.9. The van der Waals surface area contributed by atoms with Crippen LogP contribution in [0.5, 0.6) is 5.75 Å². The molecule has 0 radical (unpaired) electrons. The first kappa shape index (κ1) is 26.0. The number of hydrogen-bond acceptors (Lipinski definition) is 5. The van der Waals surface area contributed by atoms with Crippen LogP contribution in [0.15, 0.2) is 57.8 Å². The van der Waals surface area contributed by atoms with Crippen molar-refractivity contribution in [1.82, 2.24) is 9.47 Å². The van der Waals surface area contributed by atoms with Gasteiger partial charge in [0.15, 0.2) is 0 Å². The smallest absolute Gasteiger partial charge is 0.269 e. The topological polar surface area (TPSA) is 74.9 Å². The first-order valence-electron chi connectivity index (χ1n) is 10.8. The van der Waals surface area contributed by atoms with Crippen LogP contribution in [0.25, 0.3) is 0 Å². The molecular weight excluding hydrogens is 510 g/mol. The van der Waals surface area contributed by atoms with Crippen LogP contribution in [0.1, 0.15) is 22.4 Å². The Morgan fingerprint density at radius 2 is 1.74 bits per heavy atom. The lowest BCUT2D eigenvalue weighted by molar-refractivity contribution is 0.156. The van der Waals surface area contributed by atoms with Crippen LogP contribution in [0.3, 0.4) is 0 Å². The van der Waals surface area contributed by atoms with Gasteiger partial charge in [0.05, 0.1) is 19.8 Å². The summed E-state index contributed by atoms with van der Waals surface area (Å²) in [4.78, 5) is 15.0. The molecule has 0 atom stereocenters. The molecular formula is C25H27BrF2N2O4. The van der Waals surface area contributed by atoms with Crippen molar-refractivity contribution in [2.24, 2.45) is 0 Å². The zero-order valence-electron chi connectivity index (χ0n) is 18.8. The molecule has 2 N–H and O–H groups in total. The van der Waals surface area contributed by atoms with E-state index in [1.807, 2.05) is 29.2 Å². The van der Waals surface area contributed by atoms with E-state index in [1.54, 1.807) is 17.6 Å². The number of hydrogen-bond donors (Lipinski definition) is 2. The second-order valence-corrected chi connectivity index (χ2v) is 8.72. The number of ether oxygens (including phenoxy) is 1. The summed E-state index contributed by atoms with van der Waals surface area (Å²) in [6.45, 7) is 3.47. The normalized spacial score (nSPS) is 11.3. The standard InChI is InChI=1S/C25H27BrF2N2O4/c1-17-11-23(34-16-20-5-6-21(27)13-22(20)28)24(26)25(33)30(17)15-19-4-2-3-18(12-19)14-29(7-9-31)8-10-32/h2-6,11-13,31-32H,7-10,14-16H2,1H3. The molecule has 0 unspecified atom stereocenters. The molecule has 0 fully saturated rings. The molecule has 0 saturated heterocycles. The van der Waals surface area contributed by atoms with Crippen LogP contribution < -0.4 is 10.3 Å². The van der Waals surface area contributed by atoms with Crippen molar-refractivity contribution in [1.29, 1.82) is 0 Å². The summed E-state index contributed by atoms with van der Waals surface area (Å²) < 4.78 is 34.5. The Hall–Kier alpha value is -2.59. The number of benzene rings is 2. The molecule has 182 valence electrons. The minimum atomic E-state index is -0.711. The maximum Gasteiger partial charge on any atom is 0.269 e. The van der Waals surface area contributed by atoms with Gasteiger partial charge in [-0.3, -0.25) is 9.69 Å². The number of aliphatic hydroxyl groups is 2. The molecule has 2 aromatic carbocycles. The molecule has 3 rings (SSSR count). The third kappa shape index (κ3) is 6.73. The molecule has 0 spiro atoms. The first-order valence-corrected chi connectivity index (χ1v) is 11.6. The SMILES string of the molecule is Cc1cc(OCc2ccc(F)cc2F)c(Br)c(=O)n1Cc1cccc(CN(CCO)CCO)c1. The van der Waals surface area contributed by atoms with E-state index < -0.39 is 11.6 Å². The van der Waals surface area contributed by atoms with E-state index in [4.69, 9.17) is 4.74 Å². The predicted molar refractivity (Wildman–Crippen MR) is 129 cm³/mol. The number of nitrogens with zero attached hydrogens (tertiary/aromatic N) is 2. The Bertz CT molecular complexity index is 1180. The molecule has 0 bridgehead atoms. The summed E-state index contributed by atoms with van der Waals surface area (Å²) in [5.41, 5.74) is 2.48. The number of halogens is 3. The van der Waals surface area contributed by atoms with E-state index in [0.29, 0.717) is 31.9 Å². The fraction of sp³-hybridized carbons (Fsp3) is 0.320. The molecule has 0 saturated carbocycles. The molecule has 9 heteroatoms. The molecule has 0 aliphatic heterocycles. The predicted octanol–water partition coefficient (Wildman–Crippen LogP) is 3.61. The van der Waals surface area contributed by atoms with Crippen LogP contribution >= 0.6 is 15.9 Å². The summed E-state index contributed by atoms with van der Waals surface area (Å²) in [7, 11) is 0. The van der Waals surface area contributed by atoms with Crippen molar-refractivity contribution < 1.29 is 23.7 Å². The van der Waals surface area contributed by atoms with Gasteiger partial charge in [-0.05, 0) is 46.1 Å². The van der Waals surface area contributed by atoms with Crippen LogP contribution in [0, 0.1) is 18.6 Å². The van der Waals surface area contributed by atoms with Crippen molar-refractivity contribution >= 4 is 15.9 Å². The van der Waals surface area contributed by atoms with Crippen molar-refractivity contribution in [3.63, 3.8) is 0 Å². The molecule has 1 heterocycles. The largest absolute Gasteiger partial charge is 0.487 e. The van der Waals surface area contributed by atoms with Crippen molar-refractivity contribution in [3.8, 4) is 5.75 Å². The third-order valence-electron chi connectivity index (χ3n) is 5.38. The summed E-state index contributed by atoms with van der Waals surface area (Å²) in [6, 6.07) is 12.7. The van der Waals surface area contributed by atoms with Gasteiger partial charge in [-0.2, -0.15) is 0 Å². The fourth-order valence-electron chi connectivity index (χ4n) is 3.63. The molecule has 0 amide bonds. The number of rotatable bonds is 11. The van der Waals surface area contributed by atoms with Gasteiger partial charge in [-0.15, -0.1) is 0 Å². The summed E-state index contributed by atoms with van der Waals surface area (Å²) in [6.07, 6.45) is 0. The quantitative estimate of drug-likeness (QED) is 0.391. The van der Waals surface area contributed by atoms with E-state index >= 15 is 0 Å². The molecule has 1 aromatic heterocycles. The Kier molecular flexibility index (Phi) is 9.35. The monoisotopic (exact) mass is 536 g/mol. The molecule has 0 aliphatic rings. The molecule has 0 aliphatic carbocycles. The maximum atomic E-state index is 13.9. The summed E-state index contributed by atoms with van der Waals surface area (Å²) in [5.74, 6) is -1.10. The highest BCUT2D eigenvalue weighted by molar-refractivity contribution is 9.10. The lowest BCUT2D eigenvalue weighted by Gasteiger charge is -2.20. The average molecular weight is 537 g/mol. The average Bonchev–Trinajstić information content (AvgIpc) is 2.80. The van der Waals surface area contributed by atoms with Crippen LogP contribution in [-0.2, 0) is 19.7 Å². The highest BCUT2D eigenvalue weighted by Gasteiger charge is 2.14. The molecule has 6 nitrogen and oxygen atoms in total. The highest BCUT2D eigenvalue weighted by Crippen LogP contribution is 2.24. The number of aromatic nitrogens is 1. The lowest BCUT2D eigenvalue weighted by atomic mass is 10.1. The first-order chi connectivity index (χ1) is 16.3. The molecule has 3 aromatic rings. The Morgan fingerprint density at radius 3 is 2.41 bits per heavy atom. The number of pyridine rings is 1. The lowest BCUT2D eigenvalue weighted by Crippen LogP contribution is -2.29. The van der Waals surface area contributed by atoms with Gasteiger partial charge in [0, 0.05) is 43.0 Å². The van der Waals surface area contributed by atoms with E-state index in [0.717, 1.165) is 23.3 Å². The van der Waals surface area contributed by atoms with Crippen molar-refractivity contribution in [3.05, 3.63) is 97.4 Å². The second kappa shape index (κ2) is 12.2. The Morgan fingerprint density at radius 1 is 1.03 bits per heavy atom. The van der Waals surface area contributed by atoms with E-state index in [-0.39, 0.29) is 41.2 Å². The van der Waals surface area contributed by atoms with Crippen LogP contribution in [0.4, 0.5) is 8.78 Å². The minimum absolute atomic E-state index is 0.00449. The van der Waals surface area contributed by atoms with Gasteiger partial charge in [0.2, 0.25) is 0 Å². The number of aryl methyl sites for hydroxylation is 1. The van der Waals surface area contributed by atoms with Gasteiger partial charge in [0.1, 0.15) is 28.5 Å². The van der Waals surface area contributed by atoms with Crippen molar-refractivity contribution in [2.75, 3.05) is 26.3 Å². The highest BCUT2D eigenvalue weighted by atomic mass is 79.9. The Labute approximate surface area is 205 Å². The zero-order valence-corrected chi connectivity index (χ0v) is 20.4. The van der Waals surface area contributed by atoms with E-state index in [9.17, 15) is 23.8 Å². The van der Waals surface area contributed by atoms with E-state index in [2.05, 4.69) is 15.9 Å². The van der Waals surface area contributed by atoms with Gasteiger partial charge in [0.25, 0.3) is 5.56 Å². The van der Waals surface area contributed by atoms with Gasteiger partial charge < -0.3 is 19.5 Å². The van der Waals surface area contributed by atoms with E-state index in [1.165, 1.54) is 6.07 Å². The fourth-order valence-corrected chi connectivity index (χ4v) is 4.07. The van der Waals surface area contributed by atoms with Crippen LogP contribution in [0.2, 0.25) is 0 Å². The Balaban J connectivity index is 1.77. The summed E-state index contributed by atoms with van der Waals surface area (Å²) >= 11 is 3.30. The van der Waals surface area contributed by atoms with Crippen molar-refractivity contribution in [2.45, 2.75) is 26.6 Å². The van der Waals surface area contributed by atoms with Gasteiger partial charge in [-0.1, -0.05) is 24.3 Å². The van der Waals surface area contributed by atoms with Gasteiger partial charge >= 0.3 is 0 Å².